The summed E-state index contributed by atoms with van der Waals surface area (Å²) < 4.78 is 28.0. The molecule has 9 heteroatoms. The van der Waals surface area contributed by atoms with Crippen molar-refractivity contribution in [3.63, 3.8) is 0 Å². The molecule has 1 amide bonds. The van der Waals surface area contributed by atoms with Gasteiger partial charge in [-0.25, -0.2) is 13.1 Å². The Morgan fingerprint density at radius 3 is 2.19 bits per heavy atom. The first kappa shape index (κ1) is 21.7. The molecule has 0 aliphatic carbocycles. The van der Waals surface area contributed by atoms with Crippen LogP contribution in [0.15, 0.2) is 53.4 Å². The van der Waals surface area contributed by atoms with E-state index in [0.717, 1.165) is 3.57 Å². The van der Waals surface area contributed by atoms with Crippen molar-refractivity contribution in [1.29, 1.82) is 0 Å². The van der Waals surface area contributed by atoms with Gasteiger partial charge in [-0.2, -0.15) is 0 Å². The maximum absolute atomic E-state index is 12.3. The zero-order valence-corrected chi connectivity index (χ0v) is 18.8. The number of carbonyl (C=O) groups excluding carboxylic acids is 1. The lowest BCUT2D eigenvalue weighted by molar-refractivity contribution is 0.0977. The van der Waals surface area contributed by atoms with Gasteiger partial charge in [0.25, 0.3) is 5.91 Å². The highest BCUT2D eigenvalue weighted by atomic mass is 127. The second-order valence-electron chi connectivity index (χ2n) is 6.77. The van der Waals surface area contributed by atoms with Crippen LogP contribution in [0.25, 0.3) is 0 Å². The fraction of sp³-hybridized carbons (Fsp3) is 0.222. The van der Waals surface area contributed by atoms with Gasteiger partial charge in [0.1, 0.15) is 0 Å². The fourth-order valence-corrected chi connectivity index (χ4v) is 4.42. The van der Waals surface area contributed by atoms with Crippen LogP contribution in [0.4, 0.5) is 5.69 Å². The Morgan fingerprint density at radius 1 is 1.04 bits per heavy atom. The van der Waals surface area contributed by atoms with Crippen LogP contribution in [-0.4, -0.2) is 25.0 Å². The molecule has 2 aromatic carbocycles. The molecular weight excluding hydrogens is 497 g/mol. The molecule has 0 atom stereocenters. The van der Waals surface area contributed by atoms with E-state index in [4.69, 9.17) is 12.2 Å². The highest BCUT2D eigenvalue weighted by molar-refractivity contribution is 14.1. The fourth-order valence-electron chi connectivity index (χ4n) is 2.16. The summed E-state index contributed by atoms with van der Waals surface area (Å²) in [5.74, 6) is -0.314. The van der Waals surface area contributed by atoms with Crippen molar-refractivity contribution in [2.24, 2.45) is 0 Å². The summed E-state index contributed by atoms with van der Waals surface area (Å²) in [6, 6.07) is 13.3. The maximum atomic E-state index is 12.3. The van der Waals surface area contributed by atoms with Crippen LogP contribution in [0.2, 0.25) is 0 Å². The maximum Gasteiger partial charge on any atom is 0.258 e. The zero-order chi connectivity index (χ0) is 20.2. The van der Waals surface area contributed by atoms with Crippen molar-refractivity contribution in [1.82, 2.24) is 10.0 Å². The molecule has 0 fully saturated rings. The topological polar surface area (TPSA) is 87.3 Å². The van der Waals surface area contributed by atoms with Crippen molar-refractivity contribution >= 4 is 61.5 Å². The summed E-state index contributed by atoms with van der Waals surface area (Å²) >= 11 is 7.24. The molecule has 0 unspecified atom stereocenters. The third-order valence-corrected chi connectivity index (χ3v) is 6.13. The minimum atomic E-state index is -3.60. The number of benzene rings is 2. The van der Waals surface area contributed by atoms with Crippen LogP contribution >= 0.6 is 34.8 Å². The lowest BCUT2D eigenvalue weighted by atomic mass is 10.1. The van der Waals surface area contributed by atoms with Gasteiger partial charge in [-0.1, -0.05) is 12.1 Å². The first-order valence-corrected chi connectivity index (χ1v) is 11.0. The highest BCUT2D eigenvalue weighted by Crippen LogP contribution is 2.16. The van der Waals surface area contributed by atoms with Crippen LogP contribution in [0.1, 0.15) is 31.1 Å². The Bertz CT molecular complexity index is 953. The highest BCUT2D eigenvalue weighted by Gasteiger charge is 2.21. The molecule has 27 heavy (non-hydrogen) atoms. The van der Waals surface area contributed by atoms with Gasteiger partial charge in [0, 0.05) is 14.8 Å². The van der Waals surface area contributed by atoms with Gasteiger partial charge in [0.15, 0.2) is 5.11 Å². The van der Waals surface area contributed by atoms with Gasteiger partial charge in [0.05, 0.1) is 10.5 Å². The Kier molecular flexibility index (Phi) is 6.95. The molecule has 0 saturated carbocycles. The molecule has 6 nitrogen and oxygen atoms in total. The van der Waals surface area contributed by atoms with Crippen molar-refractivity contribution in [2.45, 2.75) is 31.2 Å². The number of amides is 1. The van der Waals surface area contributed by atoms with Crippen molar-refractivity contribution < 1.29 is 13.2 Å². The normalized spacial score (nSPS) is 11.7. The smallest absolute Gasteiger partial charge is 0.258 e. The summed E-state index contributed by atoms with van der Waals surface area (Å²) in [4.78, 5) is 12.4. The van der Waals surface area contributed by atoms with Gasteiger partial charge in [-0.15, -0.1) is 0 Å². The lowest BCUT2D eigenvalue weighted by Gasteiger charge is -2.20. The second kappa shape index (κ2) is 8.63. The Labute approximate surface area is 178 Å². The van der Waals surface area contributed by atoms with E-state index in [2.05, 4.69) is 37.9 Å². The van der Waals surface area contributed by atoms with Crippen LogP contribution in [0, 0.1) is 3.57 Å². The van der Waals surface area contributed by atoms with Crippen LogP contribution in [0.3, 0.4) is 0 Å². The van der Waals surface area contributed by atoms with E-state index < -0.39 is 15.6 Å². The third kappa shape index (κ3) is 6.52. The molecule has 2 rings (SSSR count). The number of hydrogen-bond donors (Lipinski definition) is 3. The third-order valence-electron chi connectivity index (χ3n) is 3.21. The minimum Gasteiger partial charge on any atom is -0.332 e. The largest absolute Gasteiger partial charge is 0.332 e. The molecule has 0 aliphatic rings. The molecular formula is C18H20IN3O3S2. The van der Waals surface area contributed by atoms with Crippen LogP contribution < -0.4 is 15.4 Å². The first-order chi connectivity index (χ1) is 12.5. The monoisotopic (exact) mass is 517 g/mol. The average molecular weight is 517 g/mol. The summed E-state index contributed by atoms with van der Waals surface area (Å²) in [6.45, 7) is 5.32. The molecule has 0 saturated heterocycles. The predicted octanol–water partition coefficient (Wildman–Crippen LogP) is 3.49. The zero-order valence-electron chi connectivity index (χ0n) is 15.0. The molecule has 0 aromatic heterocycles. The van der Waals surface area contributed by atoms with E-state index in [1.807, 2.05) is 12.1 Å². The molecule has 0 radical (unpaired) electrons. The number of halogens is 1. The van der Waals surface area contributed by atoms with E-state index in [1.165, 1.54) is 12.1 Å². The van der Waals surface area contributed by atoms with E-state index in [1.54, 1.807) is 45.0 Å². The quantitative estimate of drug-likeness (QED) is 0.427. The van der Waals surface area contributed by atoms with Gasteiger partial charge in [0.2, 0.25) is 10.0 Å². The molecule has 0 spiro atoms. The average Bonchev–Trinajstić information content (AvgIpc) is 2.53. The number of anilines is 1. The number of nitrogens with one attached hydrogen (secondary N) is 3. The minimum absolute atomic E-state index is 0.128. The van der Waals surface area contributed by atoms with Crippen LogP contribution in [0.5, 0.6) is 0 Å². The molecule has 0 aliphatic heterocycles. The lowest BCUT2D eigenvalue weighted by Crippen LogP contribution is -2.40. The molecule has 2 aromatic rings. The van der Waals surface area contributed by atoms with Crippen molar-refractivity contribution in [3.05, 3.63) is 57.7 Å². The molecule has 0 bridgehead atoms. The van der Waals surface area contributed by atoms with Crippen LogP contribution in [-0.2, 0) is 10.0 Å². The SMILES string of the molecule is CC(C)(C)NS(=O)(=O)c1ccc(NC(=S)NC(=O)c2ccccc2I)cc1. The van der Waals surface area contributed by atoms with Gasteiger partial charge >= 0.3 is 0 Å². The van der Waals surface area contributed by atoms with Crippen molar-refractivity contribution in [3.8, 4) is 0 Å². The number of thiocarbonyl (C=S) groups is 1. The first-order valence-electron chi connectivity index (χ1n) is 7.99. The molecule has 0 heterocycles. The molecule has 144 valence electrons. The Hall–Kier alpha value is -1.56. The van der Waals surface area contributed by atoms with Gasteiger partial charge in [-0.05, 0) is 92.0 Å². The Morgan fingerprint density at radius 2 is 1.63 bits per heavy atom. The standard InChI is InChI=1S/C18H20IN3O3S2/c1-18(2,3)22-27(24,25)13-10-8-12(9-11-13)20-17(26)21-16(23)14-6-4-5-7-15(14)19/h4-11,22H,1-3H3,(H2,20,21,23,26). The van der Waals surface area contributed by atoms with Crippen molar-refractivity contribution in [2.75, 3.05) is 5.32 Å². The molecule has 3 N–H and O–H groups in total. The predicted molar refractivity (Wildman–Crippen MR) is 119 cm³/mol. The summed E-state index contributed by atoms with van der Waals surface area (Å²) in [6.07, 6.45) is 0. The second-order valence-corrected chi connectivity index (χ2v) is 10.0. The van der Waals surface area contributed by atoms with E-state index in [-0.39, 0.29) is 15.9 Å². The summed E-state index contributed by atoms with van der Waals surface area (Å²) in [7, 11) is -3.60. The number of rotatable bonds is 4. The van der Waals surface area contributed by atoms with Gasteiger partial charge in [-0.3, -0.25) is 10.1 Å². The summed E-state index contributed by atoms with van der Waals surface area (Å²) in [5, 5.41) is 5.61. The number of carbonyl (C=O) groups is 1. The number of hydrogen-bond acceptors (Lipinski definition) is 4. The summed E-state index contributed by atoms with van der Waals surface area (Å²) in [5.41, 5.74) is 0.519. The number of sulfonamides is 1. The van der Waals surface area contributed by atoms with Gasteiger partial charge < -0.3 is 5.32 Å². The van der Waals surface area contributed by atoms with E-state index in [0.29, 0.717) is 11.3 Å². The van der Waals surface area contributed by atoms with E-state index in [9.17, 15) is 13.2 Å². The van der Waals surface area contributed by atoms with E-state index >= 15 is 0 Å². The Balaban J connectivity index is 2.03.